The first-order chi connectivity index (χ1) is 13.5. The summed E-state index contributed by atoms with van der Waals surface area (Å²) in [6.45, 7) is 0.398. The summed E-state index contributed by atoms with van der Waals surface area (Å²) >= 11 is 0. The van der Waals surface area contributed by atoms with Crippen molar-refractivity contribution in [2.75, 3.05) is 6.54 Å². The van der Waals surface area contributed by atoms with Gasteiger partial charge in [-0.15, -0.1) is 5.10 Å². The third kappa shape index (κ3) is 3.32. The normalized spacial score (nSPS) is 11.1. The van der Waals surface area contributed by atoms with Crippen molar-refractivity contribution >= 4 is 16.9 Å². The Morgan fingerprint density at radius 1 is 1.18 bits per heavy atom. The van der Waals surface area contributed by atoms with E-state index in [4.69, 9.17) is 4.42 Å². The van der Waals surface area contributed by atoms with Gasteiger partial charge in [-0.05, 0) is 36.4 Å². The van der Waals surface area contributed by atoms with Gasteiger partial charge in [-0.1, -0.05) is 18.2 Å². The Hall–Kier alpha value is -3.68. The van der Waals surface area contributed by atoms with Crippen molar-refractivity contribution < 1.29 is 13.6 Å². The van der Waals surface area contributed by atoms with E-state index >= 15 is 0 Å². The van der Waals surface area contributed by atoms with Gasteiger partial charge in [0.1, 0.15) is 11.4 Å². The number of furan rings is 1. The van der Waals surface area contributed by atoms with Crippen molar-refractivity contribution in [3.05, 3.63) is 76.7 Å². The molecule has 0 aliphatic carbocycles. The first kappa shape index (κ1) is 17.7. The molecule has 2 heterocycles. The maximum Gasteiger partial charge on any atom is 0.345 e. The van der Waals surface area contributed by atoms with Gasteiger partial charge in [0, 0.05) is 24.5 Å². The highest BCUT2D eigenvalue weighted by atomic mass is 19.1. The molecule has 0 unspecified atom stereocenters. The SMILES string of the molecule is Cn1c(-c2ccc(F)cc2)nn(CCNC(=O)c2cc3ccccc3o2)c1=O. The lowest BCUT2D eigenvalue weighted by Crippen LogP contribution is -2.31. The summed E-state index contributed by atoms with van der Waals surface area (Å²) in [5.41, 5.74) is 0.945. The number of fused-ring (bicyclic) bond motifs is 1. The first-order valence-corrected chi connectivity index (χ1v) is 8.69. The lowest BCUT2D eigenvalue weighted by Gasteiger charge is -2.02. The van der Waals surface area contributed by atoms with E-state index in [1.165, 1.54) is 21.4 Å². The summed E-state index contributed by atoms with van der Waals surface area (Å²) in [5, 5.41) is 7.85. The molecule has 1 N–H and O–H groups in total. The number of hydrogen-bond acceptors (Lipinski definition) is 4. The number of nitrogens with zero attached hydrogens (tertiary/aromatic N) is 3. The van der Waals surface area contributed by atoms with Crippen molar-refractivity contribution in [2.45, 2.75) is 6.54 Å². The van der Waals surface area contributed by atoms with Crippen LogP contribution in [0.15, 0.2) is 63.8 Å². The van der Waals surface area contributed by atoms with Crippen LogP contribution in [0.5, 0.6) is 0 Å². The topological polar surface area (TPSA) is 82.1 Å². The van der Waals surface area contributed by atoms with Gasteiger partial charge in [0.2, 0.25) is 0 Å². The van der Waals surface area contributed by atoms with Crippen LogP contribution >= 0.6 is 0 Å². The van der Waals surface area contributed by atoms with E-state index in [9.17, 15) is 14.0 Å². The molecule has 8 heteroatoms. The number of rotatable bonds is 5. The van der Waals surface area contributed by atoms with Crippen LogP contribution in [-0.2, 0) is 13.6 Å². The molecule has 0 atom stereocenters. The minimum Gasteiger partial charge on any atom is -0.451 e. The summed E-state index contributed by atoms with van der Waals surface area (Å²) in [6.07, 6.45) is 0. The van der Waals surface area contributed by atoms with E-state index in [1.807, 2.05) is 18.2 Å². The standard InChI is InChI=1S/C20H17FN4O3/c1-24-18(13-6-8-15(21)9-7-13)23-25(20(24)27)11-10-22-19(26)17-12-14-4-2-3-5-16(14)28-17/h2-9,12H,10-11H2,1H3,(H,22,26). The fraction of sp³-hybridized carbons (Fsp3) is 0.150. The molecule has 4 rings (SSSR count). The van der Waals surface area contributed by atoms with Gasteiger partial charge in [-0.25, -0.2) is 13.9 Å². The highest BCUT2D eigenvalue weighted by Gasteiger charge is 2.14. The number of carbonyl (C=O) groups is 1. The molecule has 0 radical (unpaired) electrons. The van der Waals surface area contributed by atoms with Crippen LogP contribution in [0.25, 0.3) is 22.4 Å². The molecule has 7 nitrogen and oxygen atoms in total. The molecule has 2 aromatic heterocycles. The average molecular weight is 380 g/mol. The Morgan fingerprint density at radius 2 is 1.93 bits per heavy atom. The van der Waals surface area contributed by atoms with Gasteiger partial charge in [0.15, 0.2) is 11.6 Å². The quantitative estimate of drug-likeness (QED) is 0.577. The van der Waals surface area contributed by atoms with Crippen LogP contribution in [0.3, 0.4) is 0 Å². The van der Waals surface area contributed by atoms with Crippen LogP contribution < -0.4 is 11.0 Å². The molecule has 0 bridgehead atoms. The fourth-order valence-corrected chi connectivity index (χ4v) is 2.94. The second-order valence-corrected chi connectivity index (χ2v) is 6.30. The third-order valence-corrected chi connectivity index (χ3v) is 4.40. The zero-order valence-corrected chi connectivity index (χ0v) is 15.1. The van der Waals surface area contributed by atoms with E-state index in [1.54, 1.807) is 31.3 Å². The highest BCUT2D eigenvalue weighted by molar-refractivity contribution is 5.96. The minimum absolute atomic E-state index is 0.194. The number of aromatic nitrogens is 3. The van der Waals surface area contributed by atoms with E-state index in [0.717, 1.165) is 5.39 Å². The lowest BCUT2D eigenvalue weighted by molar-refractivity contribution is 0.0926. The smallest absolute Gasteiger partial charge is 0.345 e. The van der Waals surface area contributed by atoms with Crippen molar-refractivity contribution in [1.82, 2.24) is 19.7 Å². The van der Waals surface area contributed by atoms with Crippen molar-refractivity contribution in [2.24, 2.45) is 7.05 Å². The van der Waals surface area contributed by atoms with E-state index in [-0.39, 0.29) is 36.3 Å². The number of para-hydroxylation sites is 1. The van der Waals surface area contributed by atoms with Crippen LogP contribution in [0.1, 0.15) is 10.6 Å². The number of carbonyl (C=O) groups excluding carboxylic acids is 1. The lowest BCUT2D eigenvalue weighted by atomic mass is 10.2. The minimum atomic E-state index is -0.362. The molecule has 142 valence electrons. The van der Waals surface area contributed by atoms with Crippen LogP contribution in [0.4, 0.5) is 4.39 Å². The van der Waals surface area contributed by atoms with Gasteiger partial charge in [-0.3, -0.25) is 9.36 Å². The molecule has 0 fully saturated rings. The number of nitrogens with one attached hydrogen (secondary N) is 1. The third-order valence-electron chi connectivity index (χ3n) is 4.40. The van der Waals surface area contributed by atoms with E-state index in [2.05, 4.69) is 10.4 Å². The molecule has 2 aromatic carbocycles. The Bertz CT molecular complexity index is 1170. The molecule has 0 aliphatic rings. The van der Waals surface area contributed by atoms with Crippen LogP contribution in [-0.4, -0.2) is 26.8 Å². The molecule has 0 spiro atoms. The number of benzene rings is 2. The van der Waals surface area contributed by atoms with Crippen molar-refractivity contribution in [3.8, 4) is 11.4 Å². The molecule has 0 saturated carbocycles. The Labute approximate surface area is 159 Å². The molecular weight excluding hydrogens is 363 g/mol. The maximum atomic E-state index is 13.1. The highest BCUT2D eigenvalue weighted by Crippen LogP contribution is 2.18. The summed E-state index contributed by atoms with van der Waals surface area (Å²) in [4.78, 5) is 24.6. The van der Waals surface area contributed by atoms with E-state index < -0.39 is 0 Å². The number of halogens is 1. The summed E-state index contributed by atoms with van der Waals surface area (Å²) in [7, 11) is 1.59. The summed E-state index contributed by atoms with van der Waals surface area (Å²) < 4.78 is 21.3. The fourth-order valence-electron chi connectivity index (χ4n) is 2.94. The number of hydrogen-bond donors (Lipinski definition) is 1. The molecule has 1 amide bonds. The molecular formula is C20H17FN4O3. The predicted molar refractivity (Wildman–Crippen MR) is 101 cm³/mol. The largest absolute Gasteiger partial charge is 0.451 e. The second-order valence-electron chi connectivity index (χ2n) is 6.30. The maximum absolute atomic E-state index is 13.1. The first-order valence-electron chi connectivity index (χ1n) is 8.69. The molecule has 4 aromatic rings. The van der Waals surface area contributed by atoms with Gasteiger partial charge < -0.3 is 9.73 Å². The number of amides is 1. The van der Waals surface area contributed by atoms with Gasteiger partial charge >= 0.3 is 5.69 Å². The Kier molecular flexibility index (Phi) is 4.52. The second kappa shape index (κ2) is 7.15. The average Bonchev–Trinajstić information content (AvgIpc) is 3.25. The Balaban J connectivity index is 1.45. The summed E-state index contributed by atoms with van der Waals surface area (Å²) in [5.74, 6) is -0.0874. The van der Waals surface area contributed by atoms with Gasteiger partial charge in [0.05, 0.1) is 6.54 Å². The van der Waals surface area contributed by atoms with E-state index in [0.29, 0.717) is 17.0 Å². The predicted octanol–water partition coefficient (Wildman–Crippen LogP) is 2.56. The Morgan fingerprint density at radius 3 is 2.68 bits per heavy atom. The summed E-state index contributed by atoms with van der Waals surface area (Å²) in [6, 6.07) is 14.8. The van der Waals surface area contributed by atoms with Crippen molar-refractivity contribution in [1.29, 1.82) is 0 Å². The molecule has 28 heavy (non-hydrogen) atoms. The monoisotopic (exact) mass is 380 g/mol. The zero-order chi connectivity index (χ0) is 19.7. The molecule has 0 saturated heterocycles. The van der Waals surface area contributed by atoms with Crippen LogP contribution in [0.2, 0.25) is 0 Å². The van der Waals surface area contributed by atoms with Gasteiger partial charge in [-0.2, -0.15) is 0 Å². The van der Waals surface area contributed by atoms with Crippen molar-refractivity contribution in [3.63, 3.8) is 0 Å². The molecule has 0 aliphatic heterocycles. The van der Waals surface area contributed by atoms with Crippen LogP contribution in [0, 0.1) is 5.82 Å². The zero-order valence-electron chi connectivity index (χ0n) is 15.1. The van der Waals surface area contributed by atoms with Gasteiger partial charge in [0.25, 0.3) is 5.91 Å².